The Morgan fingerprint density at radius 1 is 1.22 bits per heavy atom. The van der Waals surface area contributed by atoms with Crippen LogP contribution in [0.15, 0.2) is 36.7 Å². The highest BCUT2D eigenvalue weighted by atomic mass is 14.9. The summed E-state index contributed by atoms with van der Waals surface area (Å²) in [6.07, 6.45) is 4.46. The minimum atomic E-state index is 0.793. The molecular formula is C15H15N3. The summed E-state index contributed by atoms with van der Waals surface area (Å²) < 4.78 is 0. The first-order valence-corrected chi connectivity index (χ1v) is 6.07. The van der Waals surface area contributed by atoms with Crippen LogP contribution in [-0.4, -0.2) is 15.0 Å². The molecule has 3 heteroatoms. The van der Waals surface area contributed by atoms with Crippen molar-refractivity contribution in [3.63, 3.8) is 0 Å². The van der Waals surface area contributed by atoms with E-state index >= 15 is 0 Å². The molecule has 0 bridgehead atoms. The maximum atomic E-state index is 4.67. The van der Waals surface area contributed by atoms with E-state index in [2.05, 4.69) is 47.0 Å². The van der Waals surface area contributed by atoms with Gasteiger partial charge in [-0.2, -0.15) is 0 Å². The van der Waals surface area contributed by atoms with Crippen molar-refractivity contribution in [2.75, 3.05) is 0 Å². The molecule has 3 rings (SSSR count). The third-order valence-electron chi connectivity index (χ3n) is 3.06. The predicted molar refractivity (Wildman–Crippen MR) is 72.6 cm³/mol. The monoisotopic (exact) mass is 237 g/mol. The van der Waals surface area contributed by atoms with E-state index in [0.717, 1.165) is 23.3 Å². The molecule has 0 aliphatic rings. The first-order valence-electron chi connectivity index (χ1n) is 6.07. The van der Waals surface area contributed by atoms with Gasteiger partial charge in [0, 0.05) is 18.8 Å². The third-order valence-corrected chi connectivity index (χ3v) is 3.06. The average molecular weight is 237 g/mol. The van der Waals surface area contributed by atoms with Crippen LogP contribution in [0, 0.1) is 13.8 Å². The van der Waals surface area contributed by atoms with Crippen LogP contribution in [0.2, 0.25) is 0 Å². The summed E-state index contributed by atoms with van der Waals surface area (Å²) in [5, 5.41) is 0. The number of imidazole rings is 1. The summed E-state index contributed by atoms with van der Waals surface area (Å²) >= 11 is 0. The number of nitrogens with one attached hydrogen (secondary N) is 1. The van der Waals surface area contributed by atoms with E-state index in [1.165, 1.54) is 16.7 Å². The Labute approximate surface area is 106 Å². The highest BCUT2D eigenvalue weighted by Gasteiger charge is 2.06. The molecule has 3 aromatic rings. The molecule has 2 aromatic heterocycles. The molecule has 0 radical (unpaired) electrons. The van der Waals surface area contributed by atoms with Crippen LogP contribution in [0.5, 0.6) is 0 Å². The van der Waals surface area contributed by atoms with E-state index in [0.29, 0.717) is 0 Å². The number of aromatic nitrogens is 3. The number of benzene rings is 1. The second kappa shape index (κ2) is 4.26. The maximum Gasteiger partial charge on any atom is 0.111 e. The molecule has 0 saturated heterocycles. The van der Waals surface area contributed by atoms with Gasteiger partial charge in [-0.3, -0.25) is 4.98 Å². The fourth-order valence-electron chi connectivity index (χ4n) is 2.30. The summed E-state index contributed by atoms with van der Waals surface area (Å²) in [5.41, 5.74) is 5.84. The maximum absolute atomic E-state index is 4.67. The Morgan fingerprint density at radius 3 is 2.89 bits per heavy atom. The summed E-state index contributed by atoms with van der Waals surface area (Å²) in [7, 11) is 0. The highest BCUT2D eigenvalue weighted by molar-refractivity contribution is 5.79. The van der Waals surface area contributed by atoms with E-state index in [-0.39, 0.29) is 0 Å². The van der Waals surface area contributed by atoms with Crippen LogP contribution >= 0.6 is 0 Å². The van der Waals surface area contributed by atoms with E-state index < -0.39 is 0 Å². The van der Waals surface area contributed by atoms with Gasteiger partial charge in [0.15, 0.2) is 0 Å². The Balaban J connectivity index is 2.01. The lowest BCUT2D eigenvalue weighted by Gasteiger charge is -1.96. The molecule has 0 saturated carbocycles. The molecule has 3 nitrogen and oxygen atoms in total. The quantitative estimate of drug-likeness (QED) is 0.743. The van der Waals surface area contributed by atoms with Gasteiger partial charge in [-0.1, -0.05) is 12.1 Å². The summed E-state index contributed by atoms with van der Waals surface area (Å²) in [6.45, 7) is 4.21. The minimum absolute atomic E-state index is 0.793. The predicted octanol–water partition coefficient (Wildman–Crippen LogP) is 3.17. The Hall–Kier alpha value is -2.16. The van der Waals surface area contributed by atoms with Gasteiger partial charge in [-0.05, 0) is 42.7 Å². The van der Waals surface area contributed by atoms with Gasteiger partial charge in [0.1, 0.15) is 5.82 Å². The van der Waals surface area contributed by atoms with Crippen molar-refractivity contribution >= 4 is 11.0 Å². The number of H-pyrrole nitrogens is 1. The van der Waals surface area contributed by atoms with Gasteiger partial charge in [0.05, 0.1) is 11.0 Å². The Bertz CT molecular complexity index is 684. The van der Waals surface area contributed by atoms with E-state index in [4.69, 9.17) is 0 Å². The van der Waals surface area contributed by atoms with E-state index in [1.807, 2.05) is 12.3 Å². The summed E-state index contributed by atoms with van der Waals surface area (Å²) in [5.74, 6) is 0.992. The normalized spacial score (nSPS) is 11.0. The number of aryl methyl sites for hydroxylation is 2. The molecule has 18 heavy (non-hydrogen) atoms. The van der Waals surface area contributed by atoms with Gasteiger partial charge in [0.2, 0.25) is 0 Å². The zero-order chi connectivity index (χ0) is 12.5. The van der Waals surface area contributed by atoms with Crippen LogP contribution < -0.4 is 0 Å². The van der Waals surface area contributed by atoms with Crippen molar-refractivity contribution in [2.24, 2.45) is 0 Å². The number of hydrogen-bond acceptors (Lipinski definition) is 2. The molecule has 0 amide bonds. The number of hydrogen-bond donors (Lipinski definition) is 1. The molecule has 1 aromatic carbocycles. The smallest absolute Gasteiger partial charge is 0.111 e. The van der Waals surface area contributed by atoms with Gasteiger partial charge in [0.25, 0.3) is 0 Å². The molecule has 90 valence electrons. The number of nitrogens with zero attached hydrogens (tertiary/aromatic N) is 2. The standard InChI is InChI=1S/C15H15N3/c1-10-6-11(2)15-13(7-10)17-14(18-15)8-12-4-3-5-16-9-12/h3-7,9H,8H2,1-2H3,(H,17,18). The first-order chi connectivity index (χ1) is 8.72. The van der Waals surface area contributed by atoms with Gasteiger partial charge < -0.3 is 4.98 Å². The third kappa shape index (κ3) is 1.99. The first kappa shape index (κ1) is 11.0. The lowest BCUT2D eigenvalue weighted by molar-refractivity contribution is 1.02. The molecular weight excluding hydrogens is 222 g/mol. The highest BCUT2D eigenvalue weighted by Crippen LogP contribution is 2.19. The molecule has 2 heterocycles. The number of pyridine rings is 1. The fraction of sp³-hybridized carbons (Fsp3) is 0.200. The number of aromatic amines is 1. The van der Waals surface area contributed by atoms with Crippen LogP contribution in [0.4, 0.5) is 0 Å². The second-order valence-electron chi connectivity index (χ2n) is 4.70. The second-order valence-corrected chi connectivity index (χ2v) is 4.70. The van der Waals surface area contributed by atoms with Crippen molar-refractivity contribution in [3.05, 3.63) is 59.2 Å². The van der Waals surface area contributed by atoms with Gasteiger partial charge in [-0.15, -0.1) is 0 Å². The molecule has 0 unspecified atom stereocenters. The van der Waals surface area contributed by atoms with Gasteiger partial charge in [-0.25, -0.2) is 4.98 Å². The zero-order valence-corrected chi connectivity index (χ0v) is 10.6. The topological polar surface area (TPSA) is 41.6 Å². The zero-order valence-electron chi connectivity index (χ0n) is 10.6. The van der Waals surface area contributed by atoms with Gasteiger partial charge >= 0.3 is 0 Å². The van der Waals surface area contributed by atoms with E-state index in [1.54, 1.807) is 6.20 Å². The molecule has 0 fully saturated rings. The summed E-state index contributed by atoms with van der Waals surface area (Å²) in [6, 6.07) is 8.32. The minimum Gasteiger partial charge on any atom is -0.342 e. The Kier molecular flexibility index (Phi) is 2.59. The van der Waals surface area contributed by atoms with Crippen LogP contribution in [0.3, 0.4) is 0 Å². The average Bonchev–Trinajstić information content (AvgIpc) is 2.73. The molecule has 1 N–H and O–H groups in total. The molecule has 0 spiro atoms. The van der Waals surface area contributed by atoms with Crippen molar-refractivity contribution < 1.29 is 0 Å². The summed E-state index contributed by atoms with van der Waals surface area (Å²) in [4.78, 5) is 12.2. The van der Waals surface area contributed by atoms with Crippen molar-refractivity contribution in [3.8, 4) is 0 Å². The van der Waals surface area contributed by atoms with Crippen LogP contribution in [0.25, 0.3) is 11.0 Å². The lowest BCUT2D eigenvalue weighted by Crippen LogP contribution is -1.90. The largest absolute Gasteiger partial charge is 0.342 e. The van der Waals surface area contributed by atoms with Crippen molar-refractivity contribution in [1.82, 2.24) is 15.0 Å². The Morgan fingerprint density at radius 2 is 2.11 bits per heavy atom. The van der Waals surface area contributed by atoms with E-state index in [9.17, 15) is 0 Å². The molecule has 0 aliphatic carbocycles. The number of rotatable bonds is 2. The SMILES string of the molecule is Cc1cc(C)c2nc(Cc3cccnc3)[nH]c2c1. The lowest BCUT2D eigenvalue weighted by atomic mass is 10.1. The number of fused-ring (bicyclic) bond motifs is 1. The fourth-order valence-corrected chi connectivity index (χ4v) is 2.30. The van der Waals surface area contributed by atoms with Crippen molar-refractivity contribution in [1.29, 1.82) is 0 Å². The van der Waals surface area contributed by atoms with Crippen molar-refractivity contribution in [2.45, 2.75) is 20.3 Å². The van der Waals surface area contributed by atoms with Crippen LogP contribution in [-0.2, 0) is 6.42 Å². The molecule has 0 atom stereocenters. The van der Waals surface area contributed by atoms with Crippen LogP contribution in [0.1, 0.15) is 22.5 Å². The molecule has 0 aliphatic heterocycles.